The quantitative estimate of drug-likeness (QED) is 0.744. The number of rotatable bonds is 7. The molecule has 0 radical (unpaired) electrons. The Morgan fingerprint density at radius 1 is 1.36 bits per heavy atom. The molecular formula is C18H25N5OS. The van der Waals surface area contributed by atoms with E-state index < -0.39 is 0 Å². The maximum atomic E-state index is 12.3. The molecule has 1 aliphatic rings. The van der Waals surface area contributed by atoms with E-state index in [1.165, 1.54) is 43.7 Å². The topological polar surface area (TPSA) is 70.1 Å². The molecule has 2 aromatic rings. The van der Waals surface area contributed by atoms with Gasteiger partial charge in [0.15, 0.2) is 0 Å². The number of likely N-dealkylation sites (tertiary alicyclic amines) is 1. The van der Waals surface area contributed by atoms with E-state index in [-0.39, 0.29) is 5.91 Å². The number of hydrogen-bond donors (Lipinski definition) is 2. The summed E-state index contributed by atoms with van der Waals surface area (Å²) in [5.41, 5.74) is 0.933. The molecule has 1 fully saturated rings. The van der Waals surface area contributed by atoms with Gasteiger partial charge in [0.1, 0.15) is 17.0 Å². The van der Waals surface area contributed by atoms with Crippen molar-refractivity contribution in [3.05, 3.63) is 29.4 Å². The number of anilines is 1. The number of aromatic nitrogens is 2. The average Bonchev–Trinajstić information content (AvgIpc) is 2.98. The summed E-state index contributed by atoms with van der Waals surface area (Å²) < 4.78 is 0. The molecule has 0 spiro atoms. The van der Waals surface area contributed by atoms with Crippen LogP contribution in [0.2, 0.25) is 0 Å². The molecule has 3 heterocycles. The van der Waals surface area contributed by atoms with Gasteiger partial charge in [-0.2, -0.15) is 0 Å². The van der Waals surface area contributed by atoms with Gasteiger partial charge >= 0.3 is 0 Å². The lowest BCUT2D eigenvalue weighted by Crippen LogP contribution is -2.33. The molecule has 1 aliphatic heterocycles. The minimum absolute atomic E-state index is 0.0836. The molecule has 0 aromatic carbocycles. The van der Waals surface area contributed by atoms with Crippen molar-refractivity contribution in [2.24, 2.45) is 0 Å². The molecule has 0 atom stereocenters. The number of piperidine rings is 1. The standard InChI is InChI=1S/C18H25N5OS/c1-3-7-20-17(24)15-13(2)14-16(21-12-22-18(14)25-15)19-8-11-23-9-5-4-6-10-23/h3,12H,1,4-11H2,2H3,(H,20,24)(H,19,21,22). The van der Waals surface area contributed by atoms with Gasteiger partial charge < -0.3 is 15.5 Å². The molecule has 134 valence electrons. The Kier molecular flexibility index (Phi) is 5.99. The summed E-state index contributed by atoms with van der Waals surface area (Å²) in [7, 11) is 0. The van der Waals surface area contributed by atoms with E-state index in [1.54, 1.807) is 12.4 Å². The van der Waals surface area contributed by atoms with Crippen LogP contribution in [-0.4, -0.2) is 53.5 Å². The third-order valence-electron chi connectivity index (χ3n) is 4.51. The predicted octanol–water partition coefficient (Wildman–Crippen LogP) is 2.81. The van der Waals surface area contributed by atoms with Crippen molar-refractivity contribution in [3.63, 3.8) is 0 Å². The molecule has 6 nitrogen and oxygen atoms in total. The van der Waals surface area contributed by atoms with Gasteiger partial charge in [0.25, 0.3) is 5.91 Å². The van der Waals surface area contributed by atoms with Gasteiger partial charge in [-0.05, 0) is 38.4 Å². The predicted molar refractivity (Wildman–Crippen MR) is 103 cm³/mol. The molecule has 1 amide bonds. The summed E-state index contributed by atoms with van der Waals surface area (Å²) in [5, 5.41) is 7.23. The van der Waals surface area contributed by atoms with Crippen molar-refractivity contribution in [2.45, 2.75) is 26.2 Å². The zero-order chi connectivity index (χ0) is 17.6. The number of nitrogens with one attached hydrogen (secondary N) is 2. The average molecular weight is 359 g/mol. The lowest BCUT2D eigenvalue weighted by Gasteiger charge is -2.26. The van der Waals surface area contributed by atoms with E-state index in [0.29, 0.717) is 11.4 Å². The van der Waals surface area contributed by atoms with Crippen LogP contribution >= 0.6 is 11.3 Å². The van der Waals surface area contributed by atoms with Crippen molar-refractivity contribution in [3.8, 4) is 0 Å². The lowest BCUT2D eigenvalue weighted by molar-refractivity contribution is 0.0961. The Morgan fingerprint density at radius 2 is 2.16 bits per heavy atom. The third kappa shape index (κ3) is 4.16. The largest absolute Gasteiger partial charge is 0.368 e. The maximum Gasteiger partial charge on any atom is 0.261 e. The van der Waals surface area contributed by atoms with Crippen LogP contribution in [0.5, 0.6) is 0 Å². The molecule has 3 rings (SSSR count). The van der Waals surface area contributed by atoms with Crippen LogP contribution < -0.4 is 10.6 Å². The Bertz CT molecular complexity index is 751. The lowest BCUT2D eigenvalue weighted by atomic mass is 10.1. The van der Waals surface area contributed by atoms with Gasteiger partial charge in [0, 0.05) is 19.6 Å². The fourth-order valence-electron chi connectivity index (χ4n) is 3.18. The Morgan fingerprint density at radius 3 is 2.92 bits per heavy atom. The van der Waals surface area contributed by atoms with Crippen LogP contribution in [0, 0.1) is 6.92 Å². The first kappa shape index (κ1) is 17.8. The zero-order valence-electron chi connectivity index (χ0n) is 14.7. The van der Waals surface area contributed by atoms with E-state index in [4.69, 9.17) is 0 Å². The second kappa shape index (κ2) is 8.40. The second-order valence-electron chi connectivity index (χ2n) is 6.29. The molecule has 0 saturated carbocycles. The van der Waals surface area contributed by atoms with E-state index in [9.17, 15) is 4.79 Å². The van der Waals surface area contributed by atoms with E-state index in [1.807, 2.05) is 6.92 Å². The van der Waals surface area contributed by atoms with Crippen molar-refractivity contribution in [1.82, 2.24) is 20.2 Å². The van der Waals surface area contributed by atoms with Crippen molar-refractivity contribution >= 4 is 33.3 Å². The van der Waals surface area contributed by atoms with Gasteiger partial charge in [-0.15, -0.1) is 17.9 Å². The van der Waals surface area contributed by atoms with Crippen molar-refractivity contribution in [1.29, 1.82) is 0 Å². The van der Waals surface area contributed by atoms with Crippen LogP contribution in [0.4, 0.5) is 5.82 Å². The molecule has 25 heavy (non-hydrogen) atoms. The van der Waals surface area contributed by atoms with Gasteiger partial charge in [0.05, 0.1) is 10.3 Å². The summed E-state index contributed by atoms with van der Waals surface area (Å²) in [6.45, 7) is 10.3. The normalized spacial score (nSPS) is 15.2. The first-order chi connectivity index (χ1) is 12.2. The zero-order valence-corrected chi connectivity index (χ0v) is 15.5. The molecular weight excluding hydrogens is 334 g/mol. The molecule has 1 saturated heterocycles. The summed E-state index contributed by atoms with van der Waals surface area (Å²) >= 11 is 1.41. The minimum atomic E-state index is -0.0836. The van der Waals surface area contributed by atoms with E-state index in [2.05, 4.69) is 32.1 Å². The number of carbonyl (C=O) groups excluding carboxylic acids is 1. The van der Waals surface area contributed by atoms with Crippen LogP contribution in [-0.2, 0) is 0 Å². The molecule has 2 aromatic heterocycles. The highest BCUT2D eigenvalue weighted by Crippen LogP contribution is 2.33. The van der Waals surface area contributed by atoms with Crippen LogP contribution in [0.25, 0.3) is 10.2 Å². The summed E-state index contributed by atoms with van der Waals surface area (Å²) in [5.74, 6) is 0.734. The fraction of sp³-hybridized carbons (Fsp3) is 0.500. The first-order valence-corrected chi connectivity index (χ1v) is 9.61. The van der Waals surface area contributed by atoms with E-state index in [0.717, 1.165) is 34.7 Å². The summed E-state index contributed by atoms with van der Waals surface area (Å²) in [4.78, 5) is 25.1. The SMILES string of the molecule is C=CCNC(=O)c1sc2ncnc(NCCN3CCCCC3)c2c1C. The molecule has 2 N–H and O–H groups in total. The second-order valence-corrected chi connectivity index (χ2v) is 7.29. The number of fused-ring (bicyclic) bond motifs is 1. The fourth-order valence-corrected chi connectivity index (χ4v) is 4.25. The van der Waals surface area contributed by atoms with E-state index >= 15 is 0 Å². The number of carbonyl (C=O) groups is 1. The first-order valence-electron chi connectivity index (χ1n) is 8.80. The van der Waals surface area contributed by atoms with Gasteiger partial charge in [-0.1, -0.05) is 12.5 Å². The van der Waals surface area contributed by atoms with Crippen LogP contribution in [0.15, 0.2) is 19.0 Å². The number of amides is 1. The molecule has 0 aliphatic carbocycles. The monoisotopic (exact) mass is 359 g/mol. The van der Waals surface area contributed by atoms with Gasteiger partial charge in [0.2, 0.25) is 0 Å². The van der Waals surface area contributed by atoms with Crippen LogP contribution in [0.3, 0.4) is 0 Å². The van der Waals surface area contributed by atoms with Crippen molar-refractivity contribution in [2.75, 3.05) is 38.0 Å². The highest BCUT2D eigenvalue weighted by atomic mass is 32.1. The minimum Gasteiger partial charge on any atom is -0.368 e. The summed E-state index contributed by atoms with van der Waals surface area (Å²) in [6, 6.07) is 0. The third-order valence-corrected chi connectivity index (χ3v) is 5.71. The maximum absolute atomic E-state index is 12.3. The molecule has 0 bridgehead atoms. The smallest absolute Gasteiger partial charge is 0.261 e. The molecule has 7 heteroatoms. The Hall–Kier alpha value is -1.99. The number of hydrogen-bond acceptors (Lipinski definition) is 6. The number of thiophene rings is 1. The number of aryl methyl sites for hydroxylation is 1. The Labute approximate surface area is 152 Å². The van der Waals surface area contributed by atoms with Crippen LogP contribution in [0.1, 0.15) is 34.5 Å². The highest BCUT2D eigenvalue weighted by molar-refractivity contribution is 7.20. The number of nitrogens with zero attached hydrogens (tertiary/aromatic N) is 3. The summed E-state index contributed by atoms with van der Waals surface area (Å²) in [6.07, 6.45) is 7.18. The van der Waals surface area contributed by atoms with Gasteiger partial charge in [-0.25, -0.2) is 9.97 Å². The van der Waals surface area contributed by atoms with Crippen molar-refractivity contribution < 1.29 is 4.79 Å². The highest BCUT2D eigenvalue weighted by Gasteiger charge is 2.19. The van der Waals surface area contributed by atoms with Gasteiger partial charge in [-0.3, -0.25) is 4.79 Å². The molecule has 0 unspecified atom stereocenters. The Balaban J connectivity index is 1.73.